The van der Waals surface area contributed by atoms with Gasteiger partial charge in [-0.25, -0.2) is 0 Å². The van der Waals surface area contributed by atoms with Crippen LogP contribution in [0.2, 0.25) is 0 Å². The van der Waals surface area contributed by atoms with Gasteiger partial charge < -0.3 is 9.73 Å². The Bertz CT molecular complexity index is 827. The van der Waals surface area contributed by atoms with Crippen molar-refractivity contribution in [3.05, 3.63) is 58.9 Å². The van der Waals surface area contributed by atoms with Crippen molar-refractivity contribution >= 4 is 40.6 Å². The lowest BCUT2D eigenvalue weighted by molar-refractivity contribution is -0.127. The largest absolute Gasteiger partial charge is 0.465 e. The van der Waals surface area contributed by atoms with Gasteiger partial charge in [0.05, 0.1) is 11.2 Å². The molecular weight excluding hydrogens is 328 g/mol. The third-order valence-electron chi connectivity index (χ3n) is 3.29. The molecule has 2 heterocycles. The van der Waals surface area contributed by atoms with Crippen LogP contribution >= 0.6 is 11.8 Å². The highest BCUT2D eigenvalue weighted by Crippen LogP contribution is 2.32. The Morgan fingerprint density at radius 2 is 2.12 bits per heavy atom. The maximum absolute atomic E-state index is 12.3. The van der Waals surface area contributed by atoms with Gasteiger partial charge >= 0.3 is 0 Å². The van der Waals surface area contributed by atoms with Gasteiger partial charge in [-0.15, -0.1) is 0 Å². The van der Waals surface area contributed by atoms with Crippen LogP contribution in [0.25, 0.3) is 6.08 Å². The molecule has 1 fully saturated rings. The standard InChI is InChI=1S/C17H14N2O4S/c1-11-4-2-5-12(8-11)18-15(20)10-19-16(21)14(24-17(19)22)9-13-6-3-7-23-13/h2-9H,10H2,1H3,(H,18,20)/b14-9-. The lowest BCUT2D eigenvalue weighted by Gasteiger charge is -2.12. The van der Waals surface area contributed by atoms with E-state index in [0.29, 0.717) is 11.4 Å². The maximum Gasteiger partial charge on any atom is 0.294 e. The summed E-state index contributed by atoms with van der Waals surface area (Å²) < 4.78 is 5.13. The van der Waals surface area contributed by atoms with Crippen molar-refractivity contribution in [2.24, 2.45) is 0 Å². The fourth-order valence-electron chi connectivity index (χ4n) is 2.21. The molecule has 122 valence electrons. The zero-order chi connectivity index (χ0) is 17.1. The number of amides is 3. The van der Waals surface area contributed by atoms with Gasteiger partial charge in [-0.2, -0.15) is 0 Å². The summed E-state index contributed by atoms with van der Waals surface area (Å²) in [7, 11) is 0. The Hall–Kier alpha value is -2.80. The molecule has 1 aromatic carbocycles. The Labute approximate surface area is 142 Å². The third kappa shape index (κ3) is 3.57. The summed E-state index contributed by atoms with van der Waals surface area (Å²) in [6, 6.07) is 10.6. The number of benzene rings is 1. The van der Waals surface area contributed by atoms with Crippen molar-refractivity contribution in [3.8, 4) is 0 Å². The van der Waals surface area contributed by atoms with Crippen LogP contribution < -0.4 is 5.32 Å². The molecule has 1 aliphatic rings. The number of aryl methyl sites for hydroxylation is 1. The van der Waals surface area contributed by atoms with Crippen LogP contribution in [0.5, 0.6) is 0 Å². The number of nitrogens with zero attached hydrogens (tertiary/aromatic N) is 1. The number of hydrogen-bond acceptors (Lipinski definition) is 5. The molecular formula is C17H14N2O4S. The van der Waals surface area contributed by atoms with Crippen LogP contribution in [0, 0.1) is 6.92 Å². The van der Waals surface area contributed by atoms with Gasteiger partial charge in [-0.05, 0) is 48.5 Å². The van der Waals surface area contributed by atoms with E-state index < -0.39 is 17.1 Å². The molecule has 1 N–H and O–H groups in total. The fourth-order valence-corrected chi connectivity index (χ4v) is 3.02. The van der Waals surface area contributed by atoms with Crippen molar-refractivity contribution < 1.29 is 18.8 Å². The molecule has 6 nitrogen and oxygen atoms in total. The minimum absolute atomic E-state index is 0.235. The van der Waals surface area contributed by atoms with Gasteiger partial charge in [-0.1, -0.05) is 12.1 Å². The van der Waals surface area contributed by atoms with E-state index in [9.17, 15) is 14.4 Å². The zero-order valence-corrected chi connectivity index (χ0v) is 13.6. The molecule has 3 rings (SSSR count). The normalized spacial score (nSPS) is 16.0. The maximum atomic E-state index is 12.3. The van der Waals surface area contributed by atoms with Gasteiger partial charge in [0.15, 0.2) is 0 Å². The van der Waals surface area contributed by atoms with Gasteiger partial charge in [0.25, 0.3) is 11.1 Å². The molecule has 1 aliphatic heterocycles. The molecule has 24 heavy (non-hydrogen) atoms. The number of nitrogens with one attached hydrogen (secondary N) is 1. The van der Waals surface area contributed by atoms with Gasteiger partial charge in [0.2, 0.25) is 5.91 Å². The zero-order valence-electron chi connectivity index (χ0n) is 12.8. The minimum Gasteiger partial charge on any atom is -0.465 e. The van der Waals surface area contributed by atoms with Crippen molar-refractivity contribution in [2.75, 3.05) is 11.9 Å². The first-order valence-corrected chi connectivity index (χ1v) is 8.00. The number of carbonyl (C=O) groups is 3. The van der Waals surface area contributed by atoms with Crippen LogP contribution in [0.3, 0.4) is 0 Å². The SMILES string of the molecule is Cc1cccc(NC(=O)CN2C(=O)S/C(=C\c3ccco3)C2=O)c1. The van der Waals surface area contributed by atoms with Crippen LogP contribution in [0.4, 0.5) is 10.5 Å². The van der Waals surface area contributed by atoms with Crippen molar-refractivity contribution in [1.29, 1.82) is 0 Å². The highest BCUT2D eigenvalue weighted by molar-refractivity contribution is 8.18. The molecule has 7 heteroatoms. The predicted molar refractivity (Wildman–Crippen MR) is 91.2 cm³/mol. The lowest BCUT2D eigenvalue weighted by atomic mass is 10.2. The first kappa shape index (κ1) is 16.1. The lowest BCUT2D eigenvalue weighted by Crippen LogP contribution is -2.36. The molecule has 0 radical (unpaired) electrons. The Kier molecular flexibility index (Phi) is 4.52. The second-order valence-corrected chi connectivity index (χ2v) is 6.19. The summed E-state index contributed by atoms with van der Waals surface area (Å²) in [6.45, 7) is 1.58. The predicted octanol–water partition coefficient (Wildman–Crippen LogP) is 3.26. The fraction of sp³-hybridized carbons (Fsp3) is 0.118. The first-order chi connectivity index (χ1) is 11.5. The topological polar surface area (TPSA) is 79.6 Å². The van der Waals surface area contributed by atoms with Crippen molar-refractivity contribution in [3.63, 3.8) is 0 Å². The van der Waals surface area contributed by atoms with E-state index in [4.69, 9.17) is 4.42 Å². The van der Waals surface area contributed by atoms with E-state index in [1.165, 1.54) is 12.3 Å². The molecule has 1 saturated heterocycles. The molecule has 0 aliphatic carbocycles. The van der Waals surface area contributed by atoms with Crippen LogP contribution in [-0.2, 0) is 9.59 Å². The van der Waals surface area contributed by atoms with E-state index in [1.54, 1.807) is 18.2 Å². The molecule has 1 aromatic heterocycles. The summed E-state index contributed by atoms with van der Waals surface area (Å²) >= 11 is 0.789. The second-order valence-electron chi connectivity index (χ2n) is 5.20. The Balaban J connectivity index is 1.67. The summed E-state index contributed by atoms with van der Waals surface area (Å²) in [6.07, 6.45) is 2.97. The minimum atomic E-state index is -0.499. The van der Waals surface area contributed by atoms with Gasteiger partial charge in [0, 0.05) is 11.8 Å². The smallest absolute Gasteiger partial charge is 0.294 e. The van der Waals surface area contributed by atoms with Gasteiger partial charge in [-0.3, -0.25) is 19.3 Å². The van der Waals surface area contributed by atoms with Gasteiger partial charge in [0.1, 0.15) is 12.3 Å². The summed E-state index contributed by atoms with van der Waals surface area (Å²) in [5, 5.41) is 2.20. The highest BCUT2D eigenvalue weighted by Gasteiger charge is 2.36. The monoisotopic (exact) mass is 342 g/mol. The molecule has 0 bridgehead atoms. The van der Waals surface area contributed by atoms with Crippen LogP contribution in [-0.4, -0.2) is 28.5 Å². The van der Waals surface area contributed by atoms with Crippen molar-refractivity contribution in [1.82, 2.24) is 4.90 Å². The number of imide groups is 1. The van der Waals surface area contributed by atoms with E-state index in [2.05, 4.69) is 5.32 Å². The Morgan fingerprint density at radius 1 is 1.29 bits per heavy atom. The van der Waals surface area contributed by atoms with E-state index in [0.717, 1.165) is 22.2 Å². The second kappa shape index (κ2) is 6.76. The molecule has 0 unspecified atom stereocenters. The van der Waals surface area contributed by atoms with Crippen LogP contribution in [0.15, 0.2) is 52.0 Å². The number of furan rings is 1. The third-order valence-corrected chi connectivity index (χ3v) is 4.20. The first-order valence-electron chi connectivity index (χ1n) is 7.18. The summed E-state index contributed by atoms with van der Waals surface area (Å²) in [5.41, 5.74) is 1.62. The summed E-state index contributed by atoms with van der Waals surface area (Å²) in [5.74, 6) is -0.451. The number of rotatable bonds is 4. The quantitative estimate of drug-likeness (QED) is 0.863. The van der Waals surface area contributed by atoms with E-state index in [-0.39, 0.29) is 11.4 Å². The van der Waals surface area contributed by atoms with Crippen LogP contribution in [0.1, 0.15) is 11.3 Å². The van der Waals surface area contributed by atoms with E-state index >= 15 is 0 Å². The average molecular weight is 342 g/mol. The number of anilines is 1. The highest BCUT2D eigenvalue weighted by atomic mass is 32.2. The Morgan fingerprint density at radius 3 is 2.83 bits per heavy atom. The molecule has 0 saturated carbocycles. The molecule has 0 atom stereocenters. The summed E-state index contributed by atoms with van der Waals surface area (Å²) in [4.78, 5) is 37.5. The number of thioether (sulfide) groups is 1. The molecule has 3 amide bonds. The average Bonchev–Trinajstić information content (AvgIpc) is 3.12. The van der Waals surface area contributed by atoms with E-state index in [1.807, 2.05) is 25.1 Å². The number of carbonyl (C=O) groups excluding carboxylic acids is 3. The molecule has 2 aromatic rings. The van der Waals surface area contributed by atoms with Crippen molar-refractivity contribution in [2.45, 2.75) is 6.92 Å². The number of hydrogen-bond donors (Lipinski definition) is 1. The molecule has 0 spiro atoms.